The molecule has 0 aliphatic rings. The topological polar surface area (TPSA) is 78.9 Å². The highest BCUT2D eigenvalue weighted by atomic mass is 32.2. The smallest absolute Gasteiger partial charge is 0.234 e. The Labute approximate surface area is 125 Å². The first-order valence-corrected chi connectivity index (χ1v) is 7.05. The summed E-state index contributed by atoms with van der Waals surface area (Å²) < 4.78 is 13.6. The highest BCUT2D eigenvalue weighted by Crippen LogP contribution is 2.23. The van der Waals surface area contributed by atoms with E-state index in [-0.39, 0.29) is 11.7 Å². The van der Waals surface area contributed by atoms with E-state index in [0.29, 0.717) is 21.8 Å². The van der Waals surface area contributed by atoms with Crippen LogP contribution in [-0.4, -0.2) is 11.7 Å². The van der Waals surface area contributed by atoms with Gasteiger partial charge in [-0.1, -0.05) is 6.07 Å². The second-order valence-corrected chi connectivity index (χ2v) is 5.24. The van der Waals surface area contributed by atoms with Crippen molar-refractivity contribution in [3.8, 4) is 6.07 Å². The number of rotatable bonds is 4. The molecule has 2 aromatic rings. The zero-order valence-electron chi connectivity index (χ0n) is 11.0. The Morgan fingerprint density at radius 3 is 2.86 bits per heavy atom. The van der Waals surface area contributed by atoms with Gasteiger partial charge in [-0.25, -0.2) is 4.39 Å². The lowest BCUT2D eigenvalue weighted by molar-refractivity contribution is -0.113. The Bertz CT molecular complexity index is 712. The van der Waals surface area contributed by atoms with Gasteiger partial charge in [-0.2, -0.15) is 5.26 Å². The summed E-state index contributed by atoms with van der Waals surface area (Å²) in [5, 5.41) is 11.4. The van der Waals surface area contributed by atoms with Crippen LogP contribution in [0, 0.1) is 17.1 Å². The number of hydrogen-bond donors (Lipinski definition) is 2. The number of nitrogens with zero attached hydrogens (tertiary/aromatic N) is 1. The van der Waals surface area contributed by atoms with E-state index in [1.807, 2.05) is 6.07 Å². The Morgan fingerprint density at radius 2 is 2.14 bits per heavy atom. The first-order chi connectivity index (χ1) is 10.1. The quantitative estimate of drug-likeness (QED) is 0.672. The third-order valence-corrected chi connectivity index (χ3v) is 3.64. The first-order valence-electron chi connectivity index (χ1n) is 6.06. The maximum absolute atomic E-state index is 13.6. The number of nitrogen functional groups attached to an aromatic ring is 1. The molecule has 0 fully saturated rings. The molecule has 0 saturated carbocycles. The fourth-order valence-electron chi connectivity index (χ4n) is 1.64. The third-order valence-electron chi connectivity index (χ3n) is 2.59. The summed E-state index contributed by atoms with van der Waals surface area (Å²) in [6, 6.07) is 12.9. The van der Waals surface area contributed by atoms with Gasteiger partial charge < -0.3 is 11.1 Å². The SMILES string of the molecule is N#Cc1cccc(NC(=O)CSc2ccc(N)cc2F)c1. The van der Waals surface area contributed by atoms with Crippen LogP contribution in [0.1, 0.15) is 5.56 Å². The van der Waals surface area contributed by atoms with Gasteiger partial charge in [-0.05, 0) is 36.4 Å². The summed E-state index contributed by atoms with van der Waals surface area (Å²) in [6.07, 6.45) is 0. The maximum Gasteiger partial charge on any atom is 0.234 e. The van der Waals surface area contributed by atoms with Gasteiger partial charge in [-0.15, -0.1) is 11.8 Å². The van der Waals surface area contributed by atoms with Crippen molar-refractivity contribution >= 4 is 29.0 Å². The number of carbonyl (C=O) groups is 1. The maximum atomic E-state index is 13.6. The van der Waals surface area contributed by atoms with Crippen LogP contribution in [0.15, 0.2) is 47.4 Å². The van der Waals surface area contributed by atoms with Crippen molar-refractivity contribution in [3.63, 3.8) is 0 Å². The molecule has 0 aliphatic heterocycles. The fraction of sp³-hybridized carbons (Fsp3) is 0.0667. The summed E-state index contributed by atoms with van der Waals surface area (Å²) >= 11 is 1.09. The first kappa shape index (κ1) is 14.9. The molecule has 6 heteroatoms. The van der Waals surface area contributed by atoms with E-state index < -0.39 is 5.82 Å². The van der Waals surface area contributed by atoms with E-state index in [2.05, 4.69) is 5.32 Å². The normalized spacial score (nSPS) is 9.90. The number of carbonyl (C=O) groups excluding carboxylic acids is 1. The number of halogens is 1. The van der Waals surface area contributed by atoms with Crippen molar-refractivity contribution in [2.45, 2.75) is 4.90 Å². The van der Waals surface area contributed by atoms with Crippen LogP contribution in [-0.2, 0) is 4.79 Å². The van der Waals surface area contributed by atoms with E-state index in [1.54, 1.807) is 36.4 Å². The Hall–Kier alpha value is -2.52. The lowest BCUT2D eigenvalue weighted by Gasteiger charge is -2.06. The Balaban J connectivity index is 1.94. The number of hydrogen-bond acceptors (Lipinski definition) is 4. The summed E-state index contributed by atoms with van der Waals surface area (Å²) in [4.78, 5) is 12.2. The molecule has 106 valence electrons. The molecule has 0 aromatic heterocycles. The van der Waals surface area contributed by atoms with Gasteiger partial charge in [0.2, 0.25) is 5.91 Å². The van der Waals surface area contributed by atoms with Crippen molar-refractivity contribution in [2.75, 3.05) is 16.8 Å². The predicted octanol–water partition coefficient (Wildman–Crippen LogP) is 3.01. The lowest BCUT2D eigenvalue weighted by atomic mass is 10.2. The number of amides is 1. The van der Waals surface area contributed by atoms with Gasteiger partial charge in [-0.3, -0.25) is 4.79 Å². The molecule has 0 aliphatic carbocycles. The molecule has 2 aromatic carbocycles. The number of nitrogens with one attached hydrogen (secondary N) is 1. The van der Waals surface area contributed by atoms with Gasteiger partial charge in [0.15, 0.2) is 0 Å². The Morgan fingerprint density at radius 1 is 1.33 bits per heavy atom. The van der Waals surface area contributed by atoms with Gasteiger partial charge in [0.05, 0.1) is 17.4 Å². The second kappa shape index (κ2) is 6.77. The number of anilines is 2. The minimum atomic E-state index is -0.445. The van der Waals surface area contributed by atoms with Crippen LogP contribution < -0.4 is 11.1 Å². The number of benzene rings is 2. The van der Waals surface area contributed by atoms with Crippen LogP contribution in [0.3, 0.4) is 0 Å². The van der Waals surface area contributed by atoms with Gasteiger partial charge in [0, 0.05) is 16.3 Å². The molecule has 1 amide bonds. The highest BCUT2D eigenvalue weighted by molar-refractivity contribution is 8.00. The molecular formula is C15H12FN3OS. The van der Waals surface area contributed by atoms with Gasteiger partial charge in [0.25, 0.3) is 0 Å². The molecule has 3 N–H and O–H groups in total. The molecule has 0 atom stereocenters. The molecule has 0 spiro atoms. The zero-order valence-corrected chi connectivity index (χ0v) is 11.8. The molecule has 4 nitrogen and oxygen atoms in total. The summed E-state index contributed by atoms with van der Waals surface area (Å²) in [6.45, 7) is 0. The minimum Gasteiger partial charge on any atom is -0.399 e. The highest BCUT2D eigenvalue weighted by Gasteiger charge is 2.08. The fourth-order valence-corrected chi connectivity index (χ4v) is 2.36. The van der Waals surface area contributed by atoms with Crippen molar-refractivity contribution < 1.29 is 9.18 Å². The largest absolute Gasteiger partial charge is 0.399 e. The number of nitrogens with two attached hydrogens (primary N) is 1. The van der Waals surface area contributed by atoms with Crippen molar-refractivity contribution in [1.29, 1.82) is 5.26 Å². The van der Waals surface area contributed by atoms with Crippen molar-refractivity contribution in [3.05, 3.63) is 53.8 Å². The molecule has 2 rings (SSSR count). The summed E-state index contributed by atoms with van der Waals surface area (Å²) in [5.41, 5.74) is 6.80. The predicted molar refractivity (Wildman–Crippen MR) is 81.3 cm³/mol. The van der Waals surface area contributed by atoms with E-state index in [4.69, 9.17) is 11.0 Å². The average molecular weight is 301 g/mol. The minimum absolute atomic E-state index is 0.0671. The number of nitriles is 1. The lowest BCUT2D eigenvalue weighted by Crippen LogP contribution is -2.14. The molecule has 0 saturated heterocycles. The van der Waals surface area contributed by atoms with E-state index in [9.17, 15) is 9.18 Å². The third kappa shape index (κ3) is 4.23. The van der Waals surface area contributed by atoms with Crippen LogP contribution in [0.4, 0.5) is 15.8 Å². The van der Waals surface area contributed by atoms with Crippen LogP contribution >= 0.6 is 11.8 Å². The molecular weight excluding hydrogens is 289 g/mol. The molecule has 0 radical (unpaired) electrons. The second-order valence-electron chi connectivity index (χ2n) is 4.22. The van der Waals surface area contributed by atoms with E-state index in [0.717, 1.165) is 11.8 Å². The van der Waals surface area contributed by atoms with Crippen LogP contribution in [0.2, 0.25) is 0 Å². The summed E-state index contributed by atoms with van der Waals surface area (Å²) in [7, 11) is 0. The van der Waals surface area contributed by atoms with Crippen LogP contribution in [0.5, 0.6) is 0 Å². The zero-order chi connectivity index (χ0) is 15.2. The summed E-state index contributed by atoms with van der Waals surface area (Å²) in [5.74, 6) is -0.650. The Kier molecular flexibility index (Phi) is 4.80. The molecule has 0 heterocycles. The standard InChI is InChI=1S/C15H12FN3OS/c16-13-7-11(18)4-5-14(13)21-9-15(20)19-12-3-1-2-10(6-12)8-17/h1-7H,9,18H2,(H,19,20). The molecule has 0 bridgehead atoms. The van der Waals surface area contributed by atoms with Gasteiger partial charge in [0.1, 0.15) is 5.82 Å². The molecule has 21 heavy (non-hydrogen) atoms. The monoisotopic (exact) mass is 301 g/mol. The van der Waals surface area contributed by atoms with Crippen molar-refractivity contribution in [2.24, 2.45) is 0 Å². The van der Waals surface area contributed by atoms with E-state index >= 15 is 0 Å². The van der Waals surface area contributed by atoms with Gasteiger partial charge >= 0.3 is 0 Å². The van der Waals surface area contributed by atoms with Crippen LogP contribution in [0.25, 0.3) is 0 Å². The molecule has 0 unspecified atom stereocenters. The van der Waals surface area contributed by atoms with E-state index in [1.165, 1.54) is 6.07 Å². The number of thioether (sulfide) groups is 1. The average Bonchev–Trinajstić information content (AvgIpc) is 2.46. The van der Waals surface area contributed by atoms with Crippen molar-refractivity contribution in [1.82, 2.24) is 0 Å².